The number of carboxylic acid groups (broad SMARTS) is 1. The minimum absolute atomic E-state index is 0.0779. The lowest BCUT2D eigenvalue weighted by molar-refractivity contribution is -0.146. The highest BCUT2D eigenvalue weighted by Crippen LogP contribution is 2.33. The Hall–Kier alpha value is -1.59. The summed E-state index contributed by atoms with van der Waals surface area (Å²) in [5.41, 5.74) is -0.726. The predicted octanol–water partition coefficient (Wildman–Crippen LogP) is 2.22. The first-order chi connectivity index (χ1) is 11.4. The first-order valence-corrected chi connectivity index (χ1v) is 9.21. The van der Waals surface area contributed by atoms with Crippen LogP contribution in [0.15, 0.2) is 0 Å². The number of rotatable bonds is 7. The van der Waals surface area contributed by atoms with Crippen molar-refractivity contribution in [3.05, 3.63) is 0 Å². The first-order valence-electron chi connectivity index (χ1n) is 9.21. The van der Waals surface area contributed by atoms with Crippen molar-refractivity contribution in [2.45, 2.75) is 76.7 Å². The lowest BCUT2D eigenvalue weighted by Gasteiger charge is -2.39. The molecule has 2 fully saturated rings. The SMILES string of the molecule is CC1(NC(=O)CNC(=O)CCC2CCCC2)CCCCC1C(=O)O. The molecule has 0 bridgehead atoms. The third kappa shape index (κ3) is 5.21. The normalized spacial score (nSPS) is 27.6. The Labute approximate surface area is 143 Å². The quantitative estimate of drug-likeness (QED) is 0.663. The van der Waals surface area contributed by atoms with E-state index in [-0.39, 0.29) is 18.4 Å². The molecular formula is C18H30N2O4. The number of aliphatic carboxylic acids is 1. The molecule has 2 amide bonds. The third-order valence-electron chi connectivity index (χ3n) is 5.63. The number of carbonyl (C=O) groups is 3. The van der Waals surface area contributed by atoms with Gasteiger partial charge < -0.3 is 15.7 Å². The number of nitrogens with one attached hydrogen (secondary N) is 2. The molecule has 0 aromatic carbocycles. The second kappa shape index (κ2) is 8.49. The Morgan fingerprint density at radius 3 is 2.38 bits per heavy atom. The van der Waals surface area contributed by atoms with Gasteiger partial charge in [-0.2, -0.15) is 0 Å². The van der Waals surface area contributed by atoms with Crippen molar-refractivity contribution in [1.29, 1.82) is 0 Å². The van der Waals surface area contributed by atoms with Crippen molar-refractivity contribution >= 4 is 17.8 Å². The van der Waals surface area contributed by atoms with Gasteiger partial charge in [0.2, 0.25) is 11.8 Å². The molecular weight excluding hydrogens is 308 g/mol. The van der Waals surface area contributed by atoms with Gasteiger partial charge in [0.05, 0.1) is 18.0 Å². The summed E-state index contributed by atoms with van der Waals surface area (Å²) >= 11 is 0. The maximum Gasteiger partial charge on any atom is 0.308 e. The van der Waals surface area contributed by atoms with Crippen molar-refractivity contribution in [2.75, 3.05) is 6.54 Å². The molecule has 24 heavy (non-hydrogen) atoms. The summed E-state index contributed by atoms with van der Waals surface area (Å²) in [5, 5.41) is 14.9. The Balaban J connectivity index is 1.73. The molecule has 2 rings (SSSR count). The van der Waals surface area contributed by atoms with Crippen LogP contribution in [0.5, 0.6) is 0 Å². The molecule has 2 aliphatic carbocycles. The van der Waals surface area contributed by atoms with Gasteiger partial charge in [0, 0.05) is 6.42 Å². The first kappa shape index (κ1) is 18.7. The molecule has 2 atom stereocenters. The topological polar surface area (TPSA) is 95.5 Å². The van der Waals surface area contributed by atoms with Crippen LogP contribution in [0.3, 0.4) is 0 Å². The lowest BCUT2D eigenvalue weighted by atomic mass is 9.74. The third-order valence-corrected chi connectivity index (χ3v) is 5.63. The van der Waals surface area contributed by atoms with E-state index in [0.717, 1.165) is 19.3 Å². The Kier molecular flexibility index (Phi) is 6.63. The smallest absolute Gasteiger partial charge is 0.308 e. The molecule has 2 aliphatic rings. The van der Waals surface area contributed by atoms with Crippen molar-refractivity contribution in [3.8, 4) is 0 Å². The van der Waals surface area contributed by atoms with Crippen molar-refractivity contribution in [2.24, 2.45) is 11.8 Å². The van der Waals surface area contributed by atoms with Gasteiger partial charge in [-0.1, -0.05) is 38.5 Å². The van der Waals surface area contributed by atoms with E-state index < -0.39 is 17.4 Å². The molecule has 136 valence electrons. The van der Waals surface area contributed by atoms with Crippen LogP contribution in [-0.2, 0) is 14.4 Å². The molecule has 0 saturated heterocycles. The summed E-state index contributed by atoms with van der Waals surface area (Å²) in [6.45, 7) is 1.72. The predicted molar refractivity (Wildman–Crippen MR) is 90.3 cm³/mol. The molecule has 0 aromatic heterocycles. The molecule has 2 unspecified atom stereocenters. The average Bonchev–Trinajstić information content (AvgIpc) is 3.04. The molecule has 6 nitrogen and oxygen atoms in total. The van der Waals surface area contributed by atoms with Gasteiger partial charge in [0.15, 0.2) is 0 Å². The van der Waals surface area contributed by atoms with E-state index in [1.54, 1.807) is 6.92 Å². The molecule has 6 heteroatoms. The van der Waals surface area contributed by atoms with Crippen LogP contribution in [0.1, 0.15) is 71.1 Å². The highest BCUT2D eigenvalue weighted by molar-refractivity contribution is 5.85. The Morgan fingerprint density at radius 1 is 1.04 bits per heavy atom. The Morgan fingerprint density at radius 2 is 1.71 bits per heavy atom. The second-order valence-corrected chi connectivity index (χ2v) is 7.57. The summed E-state index contributed by atoms with van der Waals surface area (Å²) in [4.78, 5) is 35.4. The van der Waals surface area contributed by atoms with Crippen LogP contribution in [0.2, 0.25) is 0 Å². The number of hydrogen-bond donors (Lipinski definition) is 3. The van der Waals surface area contributed by atoms with Crippen LogP contribution in [-0.4, -0.2) is 35.0 Å². The summed E-state index contributed by atoms with van der Waals surface area (Å²) in [5.74, 6) is -1.17. The zero-order valence-electron chi connectivity index (χ0n) is 14.6. The monoisotopic (exact) mass is 338 g/mol. The Bertz CT molecular complexity index is 474. The standard InChI is InChI=1S/C18H30N2O4/c1-18(11-5-4-8-14(18)17(23)24)20-16(22)12-19-15(21)10-9-13-6-2-3-7-13/h13-14H,2-12H2,1H3,(H,19,21)(H,20,22)(H,23,24). The lowest BCUT2D eigenvalue weighted by Crippen LogP contribution is -2.57. The highest BCUT2D eigenvalue weighted by Gasteiger charge is 2.42. The van der Waals surface area contributed by atoms with Gasteiger partial charge in [-0.25, -0.2) is 0 Å². The van der Waals surface area contributed by atoms with E-state index in [4.69, 9.17) is 0 Å². The zero-order chi connectivity index (χ0) is 17.6. The summed E-state index contributed by atoms with van der Waals surface area (Å²) in [7, 11) is 0. The van der Waals surface area contributed by atoms with Gasteiger partial charge in [-0.15, -0.1) is 0 Å². The van der Waals surface area contributed by atoms with Gasteiger partial charge in [-0.05, 0) is 32.1 Å². The number of carbonyl (C=O) groups excluding carboxylic acids is 2. The molecule has 0 aromatic rings. The molecule has 0 spiro atoms. The van der Waals surface area contributed by atoms with E-state index in [1.165, 1.54) is 25.7 Å². The summed E-state index contributed by atoms with van der Waals surface area (Å²) in [6.07, 6.45) is 9.33. The van der Waals surface area contributed by atoms with Gasteiger partial charge in [0.1, 0.15) is 0 Å². The highest BCUT2D eigenvalue weighted by atomic mass is 16.4. The summed E-state index contributed by atoms with van der Waals surface area (Å²) in [6, 6.07) is 0. The zero-order valence-corrected chi connectivity index (χ0v) is 14.6. The maximum absolute atomic E-state index is 12.1. The molecule has 0 aliphatic heterocycles. The van der Waals surface area contributed by atoms with Crippen LogP contribution < -0.4 is 10.6 Å². The van der Waals surface area contributed by atoms with Crippen LogP contribution in [0.4, 0.5) is 0 Å². The summed E-state index contributed by atoms with van der Waals surface area (Å²) < 4.78 is 0. The maximum atomic E-state index is 12.1. The number of amides is 2. The minimum Gasteiger partial charge on any atom is -0.481 e. The van der Waals surface area contributed by atoms with E-state index in [0.29, 0.717) is 25.2 Å². The number of hydrogen-bond acceptors (Lipinski definition) is 3. The second-order valence-electron chi connectivity index (χ2n) is 7.57. The van der Waals surface area contributed by atoms with Crippen molar-refractivity contribution < 1.29 is 19.5 Å². The van der Waals surface area contributed by atoms with Gasteiger partial charge in [0.25, 0.3) is 0 Å². The van der Waals surface area contributed by atoms with E-state index in [2.05, 4.69) is 10.6 Å². The minimum atomic E-state index is -0.863. The fraction of sp³-hybridized carbons (Fsp3) is 0.833. The largest absolute Gasteiger partial charge is 0.481 e. The molecule has 0 radical (unpaired) electrons. The number of carboxylic acids is 1. The molecule has 2 saturated carbocycles. The van der Waals surface area contributed by atoms with E-state index >= 15 is 0 Å². The van der Waals surface area contributed by atoms with Crippen molar-refractivity contribution in [3.63, 3.8) is 0 Å². The molecule has 3 N–H and O–H groups in total. The van der Waals surface area contributed by atoms with E-state index in [9.17, 15) is 19.5 Å². The van der Waals surface area contributed by atoms with E-state index in [1.807, 2.05) is 0 Å². The van der Waals surface area contributed by atoms with Crippen LogP contribution >= 0.6 is 0 Å². The molecule has 0 heterocycles. The van der Waals surface area contributed by atoms with Crippen LogP contribution in [0, 0.1) is 11.8 Å². The van der Waals surface area contributed by atoms with Crippen molar-refractivity contribution in [1.82, 2.24) is 10.6 Å². The van der Waals surface area contributed by atoms with Crippen LogP contribution in [0.25, 0.3) is 0 Å². The van der Waals surface area contributed by atoms with Gasteiger partial charge in [-0.3, -0.25) is 14.4 Å². The van der Waals surface area contributed by atoms with Gasteiger partial charge >= 0.3 is 5.97 Å². The fourth-order valence-electron chi connectivity index (χ4n) is 4.14. The fourth-order valence-corrected chi connectivity index (χ4v) is 4.14. The average molecular weight is 338 g/mol.